The van der Waals surface area contributed by atoms with E-state index in [1.165, 1.54) is 5.69 Å². The number of aryl methyl sites for hydroxylation is 1. The van der Waals surface area contributed by atoms with Gasteiger partial charge in [-0.3, -0.25) is 4.98 Å². The summed E-state index contributed by atoms with van der Waals surface area (Å²) in [5.74, 6) is 0. The predicted molar refractivity (Wildman–Crippen MR) is 92.5 cm³/mol. The summed E-state index contributed by atoms with van der Waals surface area (Å²) in [5, 5.41) is 4.28. The van der Waals surface area contributed by atoms with Crippen LogP contribution in [0.15, 0.2) is 42.7 Å². The highest BCUT2D eigenvalue weighted by Crippen LogP contribution is 2.39. The maximum absolute atomic E-state index is 5.60. The molecule has 0 unspecified atom stereocenters. The summed E-state index contributed by atoms with van der Waals surface area (Å²) in [6, 6.07) is 10.9. The molecule has 1 aliphatic rings. The van der Waals surface area contributed by atoms with E-state index in [9.17, 15) is 0 Å². The smallest absolute Gasteiger partial charge is 0.170 e. The molecule has 4 nitrogen and oxygen atoms in total. The molecule has 5 heteroatoms. The fraction of sp³-hybridized carbons (Fsp3) is 0.412. The van der Waals surface area contributed by atoms with Gasteiger partial charge in [0.15, 0.2) is 5.11 Å². The van der Waals surface area contributed by atoms with E-state index in [0.29, 0.717) is 6.04 Å². The van der Waals surface area contributed by atoms with Crippen molar-refractivity contribution < 1.29 is 0 Å². The van der Waals surface area contributed by atoms with Gasteiger partial charge in [-0.25, -0.2) is 0 Å². The third-order valence-corrected chi connectivity index (χ3v) is 4.53. The molecule has 0 aliphatic carbocycles. The quantitative estimate of drug-likeness (QED) is 0.878. The Morgan fingerprint density at radius 3 is 2.73 bits per heavy atom. The van der Waals surface area contributed by atoms with E-state index in [2.05, 4.69) is 64.9 Å². The van der Waals surface area contributed by atoms with E-state index < -0.39 is 0 Å². The van der Waals surface area contributed by atoms with Gasteiger partial charge >= 0.3 is 0 Å². The predicted octanol–water partition coefficient (Wildman–Crippen LogP) is 3.28. The number of rotatable bonds is 4. The molecule has 0 bridgehead atoms. The van der Waals surface area contributed by atoms with Crippen molar-refractivity contribution in [2.24, 2.45) is 0 Å². The van der Waals surface area contributed by atoms with Crippen LogP contribution in [0.1, 0.15) is 44.2 Å². The molecular weight excluding hydrogens is 292 g/mol. The Kier molecular flexibility index (Phi) is 4.16. The second-order valence-electron chi connectivity index (χ2n) is 5.85. The minimum atomic E-state index is 0.0799. The van der Waals surface area contributed by atoms with Crippen LogP contribution in [0.2, 0.25) is 0 Å². The average molecular weight is 314 g/mol. The molecule has 0 spiro atoms. The Labute approximate surface area is 137 Å². The number of thiocarbonyl (C=S) groups is 1. The molecule has 2 aromatic rings. The third kappa shape index (κ3) is 2.50. The highest BCUT2D eigenvalue weighted by Gasteiger charge is 2.41. The lowest BCUT2D eigenvalue weighted by Crippen LogP contribution is -2.36. The van der Waals surface area contributed by atoms with Gasteiger partial charge in [-0.2, -0.15) is 0 Å². The molecule has 22 heavy (non-hydrogen) atoms. The van der Waals surface area contributed by atoms with Gasteiger partial charge in [-0.1, -0.05) is 6.07 Å². The molecule has 1 N–H and O–H groups in total. The normalized spacial score (nSPS) is 21.5. The van der Waals surface area contributed by atoms with Crippen molar-refractivity contribution in [2.75, 3.05) is 0 Å². The molecule has 0 saturated carbocycles. The first kappa shape index (κ1) is 15.0. The van der Waals surface area contributed by atoms with Crippen molar-refractivity contribution in [1.29, 1.82) is 0 Å². The number of nitrogens with one attached hydrogen (secondary N) is 1. The number of hydrogen-bond donors (Lipinski definition) is 1. The summed E-state index contributed by atoms with van der Waals surface area (Å²) in [6.45, 7) is 7.48. The summed E-state index contributed by atoms with van der Waals surface area (Å²) in [4.78, 5) is 6.83. The van der Waals surface area contributed by atoms with Crippen molar-refractivity contribution in [2.45, 2.75) is 45.4 Å². The first-order valence-corrected chi connectivity index (χ1v) is 8.19. The van der Waals surface area contributed by atoms with Crippen molar-refractivity contribution in [1.82, 2.24) is 19.8 Å². The van der Waals surface area contributed by atoms with Gasteiger partial charge in [0.05, 0.1) is 17.8 Å². The largest absolute Gasteiger partial charge is 0.352 e. The van der Waals surface area contributed by atoms with Crippen LogP contribution >= 0.6 is 12.2 Å². The molecule has 0 aromatic carbocycles. The zero-order valence-electron chi connectivity index (χ0n) is 13.2. The third-order valence-electron chi connectivity index (χ3n) is 4.20. The molecule has 1 fully saturated rings. The van der Waals surface area contributed by atoms with E-state index in [0.717, 1.165) is 17.4 Å². The Hall–Kier alpha value is -1.88. The van der Waals surface area contributed by atoms with Crippen LogP contribution in [0.4, 0.5) is 0 Å². The van der Waals surface area contributed by atoms with Crippen LogP contribution in [-0.2, 0) is 6.54 Å². The Morgan fingerprint density at radius 2 is 2.09 bits per heavy atom. The molecule has 1 saturated heterocycles. The molecule has 0 amide bonds. The Morgan fingerprint density at radius 1 is 1.27 bits per heavy atom. The zero-order chi connectivity index (χ0) is 15.7. The fourth-order valence-corrected chi connectivity index (χ4v) is 3.67. The second kappa shape index (κ2) is 6.08. The van der Waals surface area contributed by atoms with Gasteiger partial charge in [0, 0.05) is 30.7 Å². The maximum atomic E-state index is 5.60. The fourth-order valence-electron chi connectivity index (χ4n) is 3.22. The lowest BCUT2D eigenvalue weighted by molar-refractivity contribution is 0.259. The topological polar surface area (TPSA) is 33.1 Å². The van der Waals surface area contributed by atoms with Crippen molar-refractivity contribution >= 4 is 17.3 Å². The summed E-state index contributed by atoms with van der Waals surface area (Å²) in [6.07, 6.45) is 3.97. The van der Waals surface area contributed by atoms with Crippen molar-refractivity contribution in [3.8, 4) is 0 Å². The molecule has 1 aliphatic heterocycles. The van der Waals surface area contributed by atoms with Crippen LogP contribution in [-0.4, -0.2) is 25.6 Å². The highest BCUT2D eigenvalue weighted by molar-refractivity contribution is 7.80. The summed E-state index contributed by atoms with van der Waals surface area (Å²) < 4.78 is 2.28. The molecule has 0 radical (unpaired) electrons. The lowest BCUT2D eigenvalue weighted by Gasteiger charge is -2.31. The summed E-state index contributed by atoms with van der Waals surface area (Å²) in [7, 11) is 0. The van der Waals surface area contributed by atoms with Gasteiger partial charge in [0.1, 0.15) is 0 Å². The lowest BCUT2D eigenvalue weighted by atomic mass is 10.0. The van der Waals surface area contributed by atoms with Crippen LogP contribution in [0.25, 0.3) is 0 Å². The zero-order valence-corrected chi connectivity index (χ0v) is 14.0. The average Bonchev–Trinajstić information content (AvgIpc) is 3.11. The molecule has 116 valence electrons. The Balaban J connectivity index is 2.08. The van der Waals surface area contributed by atoms with Crippen LogP contribution in [0.3, 0.4) is 0 Å². The molecule has 2 aromatic heterocycles. The summed E-state index contributed by atoms with van der Waals surface area (Å²) >= 11 is 5.60. The van der Waals surface area contributed by atoms with E-state index in [4.69, 9.17) is 12.2 Å². The van der Waals surface area contributed by atoms with Crippen molar-refractivity contribution in [3.05, 3.63) is 54.1 Å². The van der Waals surface area contributed by atoms with Gasteiger partial charge < -0.3 is 14.8 Å². The SMILES string of the molecule is CCn1cccc1[C@@H]1[C@@H](c2ccccn2)NC(=S)N1C(C)C. The minimum Gasteiger partial charge on any atom is -0.352 e. The van der Waals surface area contributed by atoms with E-state index in [1.54, 1.807) is 0 Å². The first-order chi connectivity index (χ1) is 10.6. The summed E-state index contributed by atoms with van der Waals surface area (Å²) in [5.41, 5.74) is 2.31. The van der Waals surface area contributed by atoms with Gasteiger partial charge in [0.2, 0.25) is 0 Å². The first-order valence-electron chi connectivity index (χ1n) is 7.78. The maximum Gasteiger partial charge on any atom is 0.170 e. The Bertz CT molecular complexity index is 650. The van der Waals surface area contributed by atoms with E-state index >= 15 is 0 Å². The number of aromatic nitrogens is 2. The standard InChI is InChI=1S/C17H22N4S/c1-4-20-11-7-9-14(20)16-15(13-8-5-6-10-18-13)19-17(22)21(16)12(2)3/h5-12,15-16H,4H2,1-3H3,(H,19,22)/t15-,16-/m1/s1. The molecular formula is C17H22N4S. The van der Waals surface area contributed by atoms with Gasteiger partial charge in [-0.15, -0.1) is 0 Å². The number of hydrogen-bond acceptors (Lipinski definition) is 2. The molecule has 3 rings (SSSR count). The van der Waals surface area contributed by atoms with Crippen LogP contribution < -0.4 is 5.32 Å². The van der Waals surface area contributed by atoms with Crippen LogP contribution in [0.5, 0.6) is 0 Å². The highest BCUT2D eigenvalue weighted by atomic mass is 32.1. The number of nitrogens with zero attached hydrogens (tertiary/aromatic N) is 3. The van der Waals surface area contributed by atoms with Gasteiger partial charge in [0.25, 0.3) is 0 Å². The molecule has 2 atom stereocenters. The van der Waals surface area contributed by atoms with Crippen LogP contribution in [0, 0.1) is 0 Å². The second-order valence-corrected chi connectivity index (χ2v) is 6.23. The minimum absolute atomic E-state index is 0.0799. The monoisotopic (exact) mass is 314 g/mol. The van der Waals surface area contributed by atoms with Crippen molar-refractivity contribution in [3.63, 3.8) is 0 Å². The van der Waals surface area contributed by atoms with E-state index in [-0.39, 0.29) is 12.1 Å². The van der Waals surface area contributed by atoms with Gasteiger partial charge in [-0.05, 0) is 57.3 Å². The molecule has 3 heterocycles. The number of pyridine rings is 1. The van der Waals surface area contributed by atoms with E-state index in [1.807, 2.05) is 18.3 Å².